The molecule has 0 saturated carbocycles. The lowest BCUT2D eigenvalue weighted by atomic mass is 9.64. The van der Waals surface area contributed by atoms with Crippen LogP contribution < -0.4 is 5.06 Å². The average Bonchev–Trinajstić information content (AvgIpc) is 2.89. The van der Waals surface area contributed by atoms with Crippen LogP contribution in [0.2, 0.25) is 0 Å². The topological polar surface area (TPSA) is 65.1 Å². The van der Waals surface area contributed by atoms with E-state index in [1.807, 2.05) is 97.9 Å². The summed E-state index contributed by atoms with van der Waals surface area (Å²) in [5, 5.41) is 1.65. The third-order valence-electron chi connectivity index (χ3n) is 6.37. The van der Waals surface area contributed by atoms with E-state index in [1.165, 1.54) is 14.2 Å². The minimum Gasteiger partial charge on any atom is -0.468 e. The number of benzene rings is 3. The normalized spacial score (nSPS) is 21.8. The second-order valence-electron chi connectivity index (χ2n) is 8.05. The van der Waals surface area contributed by atoms with Crippen molar-refractivity contribution in [2.75, 3.05) is 19.3 Å². The highest BCUT2D eigenvalue weighted by atomic mass is 16.7. The van der Waals surface area contributed by atoms with E-state index < -0.39 is 35.4 Å². The third-order valence-corrected chi connectivity index (χ3v) is 6.37. The highest BCUT2D eigenvalue weighted by Gasteiger charge is 2.66. The lowest BCUT2D eigenvalue weighted by Crippen LogP contribution is -2.61. The van der Waals surface area contributed by atoms with Gasteiger partial charge < -0.3 is 9.47 Å². The van der Waals surface area contributed by atoms with Gasteiger partial charge in [-0.2, -0.15) is 0 Å². The zero-order valence-electron chi connectivity index (χ0n) is 18.9. The van der Waals surface area contributed by atoms with Crippen molar-refractivity contribution in [3.05, 3.63) is 102 Å². The Kier molecular flexibility index (Phi) is 6.47. The van der Waals surface area contributed by atoms with E-state index >= 15 is 0 Å². The molecule has 33 heavy (non-hydrogen) atoms. The maximum absolute atomic E-state index is 13.6. The largest absolute Gasteiger partial charge is 0.468 e. The number of hydroxylamine groups is 1. The zero-order valence-corrected chi connectivity index (χ0v) is 18.9. The summed E-state index contributed by atoms with van der Waals surface area (Å²) in [6.45, 7) is 1.84. The highest BCUT2D eigenvalue weighted by molar-refractivity contribution is 6.02. The molecule has 0 radical (unpaired) electrons. The number of rotatable bonds is 5. The average molecular weight is 446 g/mol. The van der Waals surface area contributed by atoms with E-state index in [2.05, 4.69) is 0 Å². The summed E-state index contributed by atoms with van der Waals surface area (Å²) in [5.41, 5.74) is 0.584. The molecule has 6 heteroatoms. The number of esters is 2. The first-order chi connectivity index (χ1) is 16.1. The van der Waals surface area contributed by atoms with Crippen molar-refractivity contribution in [3.8, 4) is 0 Å². The number of hydrogen-bond donors (Lipinski definition) is 0. The van der Waals surface area contributed by atoms with Crippen LogP contribution in [0.3, 0.4) is 0 Å². The summed E-state index contributed by atoms with van der Waals surface area (Å²) in [7, 11) is 2.59. The summed E-state index contributed by atoms with van der Waals surface area (Å²) in [5.74, 6) is -1.94. The van der Waals surface area contributed by atoms with Crippen LogP contribution in [-0.4, -0.2) is 26.2 Å². The van der Waals surface area contributed by atoms with Gasteiger partial charge in [0.1, 0.15) is 12.1 Å². The molecule has 0 amide bonds. The Morgan fingerprint density at radius 3 is 1.70 bits per heavy atom. The molecule has 0 spiro atoms. The molecule has 0 aliphatic carbocycles. The van der Waals surface area contributed by atoms with Crippen LogP contribution in [0.15, 0.2) is 91.0 Å². The van der Waals surface area contributed by atoms with Gasteiger partial charge in [-0.05, 0) is 23.3 Å². The predicted molar refractivity (Wildman–Crippen MR) is 124 cm³/mol. The van der Waals surface area contributed by atoms with Gasteiger partial charge in [-0.15, -0.1) is 0 Å². The Morgan fingerprint density at radius 2 is 1.21 bits per heavy atom. The highest BCUT2D eigenvalue weighted by Crippen LogP contribution is 2.56. The number of nitrogens with zero attached hydrogens (tertiary/aromatic N) is 1. The van der Waals surface area contributed by atoms with E-state index in [4.69, 9.17) is 14.3 Å². The Labute approximate surface area is 193 Å². The number of hydrogen-bond acceptors (Lipinski definition) is 6. The molecule has 0 aromatic heterocycles. The number of ether oxygens (including phenoxy) is 2. The molecule has 3 atom stereocenters. The third kappa shape index (κ3) is 3.76. The quantitative estimate of drug-likeness (QED) is 0.412. The summed E-state index contributed by atoms with van der Waals surface area (Å²) in [6, 6.07) is 27.5. The van der Waals surface area contributed by atoms with E-state index in [-0.39, 0.29) is 0 Å². The van der Waals surface area contributed by atoms with Gasteiger partial charge in [0.15, 0.2) is 5.41 Å². The standard InChI is InChI=1S/C27H27NO5/c1-19-23(20-13-7-4-8-14-20)33-28(22-17-11-6-12-18-22)24(21-15-9-5-10-16-21)27(19,25(29)31-2)26(30)32-3/h4-19,23-24H,1-3H3/t19-,23+,24+/m0/s1. The molecule has 170 valence electrons. The second-order valence-corrected chi connectivity index (χ2v) is 8.05. The fourth-order valence-corrected chi connectivity index (χ4v) is 4.77. The lowest BCUT2D eigenvalue weighted by Gasteiger charge is -2.52. The van der Waals surface area contributed by atoms with Crippen LogP contribution in [0.25, 0.3) is 0 Å². The van der Waals surface area contributed by atoms with Crippen molar-refractivity contribution in [2.24, 2.45) is 11.3 Å². The van der Waals surface area contributed by atoms with Crippen LogP contribution >= 0.6 is 0 Å². The number of carbonyl (C=O) groups is 2. The van der Waals surface area contributed by atoms with E-state index in [0.29, 0.717) is 5.69 Å². The Balaban J connectivity index is 2.02. The van der Waals surface area contributed by atoms with Crippen LogP contribution in [-0.2, 0) is 23.9 Å². The van der Waals surface area contributed by atoms with Gasteiger partial charge in [0.25, 0.3) is 0 Å². The molecular weight excluding hydrogens is 418 g/mol. The van der Waals surface area contributed by atoms with Crippen molar-refractivity contribution < 1.29 is 23.9 Å². The number of methoxy groups -OCH3 is 2. The molecule has 6 nitrogen and oxygen atoms in total. The Morgan fingerprint density at radius 1 is 0.758 bits per heavy atom. The molecule has 1 heterocycles. The molecule has 3 aromatic carbocycles. The molecule has 4 rings (SSSR count). The Hall–Kier alpha value is -3.64. The maximum atomic E-state index is 13.6. The summed E-state index contributed by atoms with van der Waals surface area (Å²) >= 11 is 0. The molecule has 0 unspecified atom stereocenters. The smallest absolute Gasteiger partial charge is 0.326 e. The molecule has 1 aliphatic rings. The first-order valence-corrected chi connectivity index (χ1v) is 10.8. The van der Waals surface area contributed by atoms with Crippen LogP contribution in [0, 0.1) is 11.3 Å². The van der Waals surface area contributed by atoms with Crippen molar-refractivity contribution in [1.82, 2.24) is 0 Å². The minimum atomic E-state index is -1.69. The fraction of sp³-hybridized carbons (Fsp3) is 0.259. The first-order valence-electron chi connectivity index (χ1n) is 10.8. The van der Waals surface area contributed by atoms with Crippen molar-refractivity contribution in [3.63, 3.8) is 0 Å². The Bertz CT molecular complexity index is 1070. The van der Waals surface area contributed by atoms with Gasteiger partial charge in [0.05, 0.1) is 19.9 Å². The molecular formula is C27H27NO5. The van der Waals surface area contributed by atoms with E-state index in [9.17, 15) is 9.59 Å². The fourth-order valence-electron chi connectivity index (χ4n) is 4.77. The van der Waals surface area contributed by atoms with Crippen molar-refractivity contribution in [2.45, 2.75) is 19.1 Å². The van der Waals surface area contributed by atoms with Gasteiger partial charge >= 0.3 is 11.9 Å². The number of anilines is 1. The summed E-state index contributed by atoms with van der Waals surface area (Å²) in [4.78, 5) is 33.9. The van der Waals surface area contributed by atoms with Crippen LogP contribution in [0.4, 0.5) is 5.69 Å². The van der Waals surface area contributed by atoms with Crippen LogP contribution in [0.1, 0.15) is 30.2 Å². The second kappa shape index (κ2) is 9.46. The summed E-state index contributed by atoms with van der Waals surface area (Å²) < 4.78 is 10.6. The molecule has 1 aliphatic heterocycles. The van der Waals surface area contributed by atoms with Crippen LogP contribution in [0.5, 0.6) is 0 Å². The maximum Gasteiger partial charge on any atom is 0.326 e. The van der Waals surface area contributed by atoms with Gasteiger partial charge in [-0.25, -0.2) is 5.06 Å². The predicted octanol–water partition coefficient (Wildman–Crippen LogP) is 4.89. The van der Waals surface area contributed by atoms with Gasteiger partial charge in [-0.1, -0.05) is 85.8 Å². The number of para-hydroxylation sites is 1. The molecule has 0 N–H and O–H groups in total. The summed E-state index contributed by atoms with van der Waals surface area (Å²) in [6.07, 6.45) is -0.607. The SMILES string of the molecule is COC(=O)C1(C(=O)OC)[C@@H](C)[C@H](c2ccccc2)ON(c2ccccc2)[C@@H]1c1ccccc1. The van der Waals surface area contributed by atoms with Crippen molar-refractivity contribution in [1.29, 1.82) is 0 Å². The molecule has 1 saturated heterocycles. The molecule has 1 fully saturated rings. The number of carbonyl (C=O) groups excluding carboxylic acids is 2. The van der Waals surface area contributed by atoms with Gasteiger partial charge in [-0.3, -0.25) is 14.4 Å². The van der Waals surface area contributed by atoms with Gasteiger partial charge in [0, 0.05) is 5.92 Å². The lowest BCUT2D eigenvalue weighted by molar-refractivity contribution is -0.198. The zero-order chi connectivity index (χ0) is 23.4. The van der Waals surface area contributed by atoms with Crippen molar-refractivity contribution >= 4 is 17.6 Å². The monoisotopic (exact) mass is 445 g/mol. The first kappa shape index (κ1) is 22.6. The minimum absolute atomic E-state index is 0.607. The molecule has 0 bridgehead atoms. The van der Waals surface area contributed by atoms with Gasteiger partial charge in [0.2, 0.25) is 0 Å². The van der Waals surface area contributed by atoms with E-state index in [1.54, 1.807) is 5.06 Å². The molecule has 3 aromatic rings. The van der Waals surface area contributed by atoms with E-state index in [0.717, 1.165) is 11.1 Å².